The number of aromatic nitrogens is 2. The SMILES string of the molecule is Fc1cncc(COc2ccc(-c3[c]ccc(OCc4ccncc4F)c3)cc2)c1. The Morgan fingerprint density at radius 2 is 1.63 bits per heavy atom. The van der Waals surface area contributed by atoms with Crippen LogP contribution in [0.2, 0.25) is 0 Å². The van der Waals surface area contributed by atoms with Crippen molar-refractivity contribution < 1.29 is 18.3 Å². The van der Waals surface area contributed by atoms with Gasteiger partial charge in [0.1, 0.15) is 36.3 Å². The van der Waals surface area contributed by atoms with E-state index in [1.807, 2.05) is 30.3 Å². The fraction of sp³-hybridized carbons (Fsp3) is 0.0833. The van der Waals surface area contributed by atoms with Gasteiger partial charge in [-0.05, 0) is 53.6 Å². The van der Waals surface area contributed by atoms with Crippen LogP contribution in [-0.2, 0) is 13.2 Å². The summed E-state index contributed by atoms with van der Waals surface area (Å²) >= 11 is 0. The number of pyridine rings is 2. The molecule has 0 bridgehead atoms. The van der Waals surface area contributed by atoms with Gasteiger partial charge in [0.25, 0.3) is 0 Å². The van der Waals surface area contributed by atoms with Crippen molar-refractivity contribution in [1.29, 1.82) is 0 Å². The molecular weight excluding hydrogens is 386 g/mol. The van der Waals surface area contributed by atoms with Gasteiger partial charge in [0.2, 0.25) is 0 Å². The minimum absolute atomic E-state index is 0.111. The highest BCUT2D eigenvalue weighted by molar-refractivity contribution is 5.65. The lowest BCUT2D eigenvalue weighted by atomic mass is 10.1. The van der Waals surface area contributed by atoms with E-state index in [-0.39, 0.29) is 13.2 Å². The highest BCUT2D eigenvalue weighted by atomic mass is 19.1. The second kappa shape index (κ2) is 9.13. The van der Waals surface area contributed by atoms with Gasteiger partial charge in [-0.15, -0.1) is 0 Å². The fourth-order valence-corrected chi connectivity index (χ4v) is 2.82. The van der Waals surface area contributed by atoms with Gasteiger partial charge in [-0.1, -0.05) is 18.2 Å². The minimum atomic E-state index is -0.398. The van der Waals surface area contributed by atoms with Gasteiger partial charge in [-0.3, -0.25) is 9.97 Å². The summed E-state index contributed by atoms with van der Waals surface area (Å²) in [6, 6.07) is 19.0. The van der Waals surface area contributed by atoms with Crippen molar-refractivity contribution in [2.75, 3.05) is 0 Å². The molecule has 2 aromatic heterocycles. The van der Waals surface area contributed by atoms with Crippen molar-refractivity contribution >= 4 is 0 Å². The zero-order chi connectivity index (χ0) is 20.8. The van der Waals surface area contributed by atoms with Gasteiger partial charge < -0.3 is 9.47 Å². The molecule has 1 radical (unpaired) electrons. The van der Waals surface area contributed by atoms with Crippen molar-refractivity contribution in [3.8, 4) is 22.6 Å². The molecule has 0 unspecified atom stereocenters. The molecule has 0 aliphatic carbocycles. The Labute approximate surface area is 172 Å². The van der Waals surface area contributed by atoms with Gasteiger partial charge >= 0.3 is 0 Å². The smallest absolute Gasteiger partial charge is 0.148 e. The van der Waals surface area contributed by atoms with Crippen LogP contribution in [0.15, 0.2) is 79.4 Å². The molecule has 0 spiro atoms. The number of hydrogen-bond donors (Lipinski definition) is 0. The maximum atomic E-state index is 13.7. The Hall–Kier alpha value is -3.80. The Balaban J connectivity index is 1.40. The molecule has 0 aliphatic heterocycles. The predicted molar refractivity (Wildman–Crippen MR) is 108 cm³/mol. The van der Waals surface area contributed by atoms with Gasteiger partial charge in [0.05, 0.1) is 12.4 Å². The standard InChI is InChI=1S/C24H17F2N2O2/c25-21-10-17(12-28-13-21)15-29-22-6-4-18(5-7-22)19-2-1-3-23(11-19)30-16-20-8-9-27-14-24(20)26/h1,3-14H,15-16H2. The third-order valence-corrected chi connectivity index (χ3v) is 4.36. The monoisotopic (exact) mass is 403 g/mol. The number of halogens is 2. The van der Waals surface area contributed by atoms with Gasteiger partial charge in [0.15, 0.2) is 0 Å². The van der Waals surface area contributed by atoms with Crippen LogP contribution in [0.5, 0.6) is 11.5 Å². The lowest BCUT2D eigenvalue weighted by molar-refractivity contribution is 0.299. The van der Waals surface area contributed by atoms with Crippen molar-refractivity contribution in [3.63, 3.8) is 0 Å². The molecular formula is C24H17F2N2O2. The van der Waals surface area contributed by atoms with Crippen molar-refractivity contribution in [3.05, 3.63) is 108 Å². The third-order valence-electron chi connectivity index (χ3n) is 4.36. The third kappa shape index (κ3) is 4.97. The Morgan fingerprint density at radius 3 is 2.43 bits per heavy atom. The summed E-state index contributed by atoms with van der Waals surface area (Å²) in [5.41, 5.74) is 2.86. The first-order chi connectivity index (χ1) is 14.7. The average Bonchev–Trinajstić information content (AvgIpc) is 2.78. The minimum Gasteiger partial charge on any atom is -0.489 e. The summed E-state index contributed by atoms with van der Waals surface area (Å²) in [5, 5.41) is 0. The van der Waals surface area contributed by atoms with Gasteiger partial charge in [-0.2, -0.15) is 0 Å². The van der Waals surface area contributed by atoms with E-state index in [0.717, 1.165) is 23.5 Å². The molecule has 0 N–H and O–H groups in total. The lowest BCUT2D eigenvalue weighted by Gasteiger charge is -2.10. The van der Waals surface area contributed by atoms with E-state index in [0.29, 0.717) is 22.6 Å². The van der Waals surface area contributed by atoms with Crippen LogP contribution in [0.3, 0.4) is 0 Å². The van der Waals surface area contributed by atoms with Crippen molar-refractivity contribution in [2.24, 2.45) is 0 Å². The molecule has 2 aromatic carbocycles. The first-order valence-corrected chi connectivity index (χ1v) is 9.23. The first-order valence-electron chi connectivity index (χ1n) is 9.23. The molecule has 0 saturated carbocycles. The topological polar surface area (TPSA) is 44.2 Å². The van der Waals surface area contributed by atoms with Crippen LogP contribution in [0.25, 0.3) is 11.1 Å². The zero-order valence-corrected chi connectivity index (χ0v) is 15.9. The molecule has 6 heteroatoms. The van der Waals surface area contributed by atoms with E-state index in [1.54, 1.807) is 24.4 Å². The van der Waals surface area contributed by atoms with E-state index in [2.05, 4.69) is 16.0 Å². The van der Waals surface area contributed by atoms with Crippen molar-refractivity contribution in [2.45, 2.75) is 13.2 Å². The predicted octanol–water partition coefficient (Wildman–Crippen LogP) is 5.38. The van der Waals surface area contributed by atoms with Crippen LogP contribution in [0.1, 0.15) is 11.1 Å². The molecule has 4 aromatic rings. The highest BCUT2D eigenvalue weighted by Crippen LogP contribution is 2.26. The average molecular weight is 403 g/mol. The van der Waals surface area contributed by atoms with Gasteiger partial charge in [-0.25, -0.2) is 8.78 Å². The summed E-state index contributed by atoms with van der Waals surface area (Å²) in [6.07, 6.45) is 5.41. The van der Waals surface area contributed by atoms with E-state index >= 15 is 0 Å². The molecule has 149 valence electrons. The maximum absolute atomic E-state index is 13.7. The fourth-order valence-electron chi connectivity index (χ4n) is 2.82. The number of hydrogen-bond acceptors (Lipinski definition) is 4. The number of rotatable bonds is 7. The Morgan fingerprint density at radius 1 is 0.800 bits per heavy atom. The normalized spacial score (nSPS) is 10.6. The van der Waals surface area contributed by atoms with Gasteiger partial charge in [0, 0.05) is 23.5 Å². The van der Waals surface area contributed by atoms with Crippen LogP contribution >= 0.6 is 0 Å². The number of nitrogens with zero attached hydrogens (tertiary/aromatic N) is 2. The molecule has 2 heterocycles. The molecule has 0 saturated heterocycles. The molecule has 0 amide bonds. The molecule has 0 aliphatic rings. The van der Waals surface area contributed by atoms with E-state index < -0.39 is 11.6 Å². The van der Waals surface area contributed by atoms with E-state index in [9.17, 15) is 8.78 Å². The van der Waals surface area contributed by atoms with Crippen LogP contribution in [-0.4, -0.2) is 9.97 Å². The summed E-state index contributed by atoms with van der Waals surface area (Å²) in [4.78, 5) is 7.53. The van der Waals surface area contributed by atoms with E-state index in [1.165, 1.54) is 12.3 Å². The van der Waals surface area contributed by atoms with Crippen molar-refractivity contribution in [1.82, 2.24) is 9.97 Å². The lowest BCUT2D eigenvalue weighted by Crippen LogP contribution is -1.99. The molecule has 0 atom stereocenters. The van der Waals surface area contributed by atoms with Crippen LogP contribution in [0, 0.1) is 17.7 Å². The number of ether oxygens (including phenoxy) is 2. The van der Waals surface area contributed by atoms with Crippen LogP contribution in [0.4, 0.5) is 8.78 Å². The molecule has 4 nitrogen and oxygen atoms in total. The second-order valence-corrected chi connectivity index (χ2v) is 6.52. The second-order valence-electron chi connectivity index (χ2n) is 6.52. The Bertz CT molecular complexity index is 1130. The zero-order valence-electron chi connectivity index (χ0n) is 15.9. The molecule has 4 rings (SSSR count). The summed E-state index contributed by atoms with van der Waals surface area (Å²) < 4.78 is 38.3. The number of benzene rings is 2. The largest absolute Gasteiger partial charge is 0.489 e. The first kappa shape index (κ1) is 19.5. The molecule has 30 heavy (non-hydrogen) atoms. The van der Waals surface area contributed by atoms with E-state index in [4.69, 9.17) is 9.47 Å². The summed E-state index contributed by atoms with van der Waals surface area (Å²) in [7, 11) is 0. The molecule has 0 fully saturated rings. The maximum Gasteiger partial charge on any atom is 0.148 e. The quantitative estimate of drug-likeness (QED) is 0.416. The summed E-state index contributed by atoms with van der Waals surface area (Å²) in [5.74, 6) is 0.475. The highest BCUT2D eigenvalue weighted by Gasteiger charge is 2.05. The summed E-state index contributed by atoms with van der Waals surface area (Å²) in [6.45, 7) is 0.338. The Kier molecular flexibility index (Phi) is 5.94. The van der Waals surface area contributed by atoms with Crippen LogP contribution < -0.4 is 9.47 Å².